The van der Waals surface area contributed by atoms with Crippen LogP contribution in [0.2, 0.25) is 0 Å². The van der Waals surface area contributed by atoms with Crippen molar-refractivity contribution in [2.75, 3.05) is 13.7 Å². The molecule has 0 fully saturated rings. The van der Waals surface area contributed by atoms with E-state index in [0.717, 1.165) is 0 Å². The average molecular weight is 383 g/mol. The first-order valence-corrected chi connectivity index (χ1v) is 8.40. The molecule has 0 heterocycles. The molecule has 2 aromatic carbocycles. The van der Waals surface area contributed by atoms with Crippen molar-refractivity contribution in [1.29, 1.82) is 0 Å². The fraction of sp³-hybridized carbons (Fsp3) is 0.190. The third-order valence-electron chi connectivity index (χ3n) is 3.97. The van der Waals surface area contributed by atoms with Crippen molar-refractivity contribution in [3.63, 3.8) is 0 Å². The molecule has 7 heteroatoms. The van der Waals surface area contributed by atoms with Gasteiger partial charge in [0, 0.05) is 11.8 Å². The van der Waals surface area contributed by atoms with Crippen molar-refractivity contribution in [3.8, 4) is 11.5 Å². The number of aromatic carboxylic acids is 1. The van der Waals surface area contributed by atoms with E-state index in [2.05, 4.69) is 11.6 Å². The van der Waals surface area contributed by atoms with Crippen molar-refractivity contribution in [2.24, 2.45) is 4.99 Å². The van der Waals surface area contributed by atoms with Gasteiger partial charge in [0.25, 0.3) is 0 Å². The molecule has 0 atom stereocenters. The summed E-state index contributed by atoms with van der Waals surface area (Å²) >= 11 is 0. The maximum atomic E-state index is 11.3. The Labute approximate surface area is 162 Å². The number of carboxylic acid groups (broad SMARTS) is 2. The van der Waals surface area contributed by atoms with Crippen LogP contribution in [0.5, 0.6) is 11.5 Å². The Morgan fingerprint density at radius 3 is 2.61 bits per heavy atom. The number of aliphatic imine (C=N–C) groups is 1. The zero-order chi connectivity index (χ0) is 20.7. The van der Waals surface area contributed by atoms with Gasteiger partial charge in [-0.05, 0) is 48.7 Å². The SMILES string of the molecule is C=CCc1cc(C=Nc2cccc(C(=O)O)c2C)cc(OC)c1OCC(=O)O. The first-order chi connectivity index (χ1) is 13.4. The molecule has 2 aromatic rings. The lowest BCUT2D eigenvalue weighted by Gasteiger charge is -2.14. The zero-order valence-corrected chi connectivity index (χ0v) is 15.6. The summed E-state index contributed by atoms with van der Waals surface area (Å²) < 4.78 is 10.7. The normalized spacial score (nSPS) is 10.6. The molecule has 2 N–H and O–H groups in total. The predicted octanol–water partition coefficient (Wildman–Crippen LogP) is 3.64. The van der Waals surface area contributed by atoms with Gasteiger partial charge in [-0.25, -0.2) is 9.59 Å². The second-order valence-corrected chi connectivity index (χ2v) is 5.90. The highest BCUT2D eigenvalue weighted by atomic mass is 16.5. The van der Waals surface area contributed by atoms with Crippen molar-refractivity contribution >= 4 is 23.8 Å². The number of carbonyl (C=O) groups is 2. The lowest BCUT2D eigenvalue weighted by atomic mass is 10.1. The Morgan fingerprint density at radius 2 is 2.00 bits per heavy atom. The van der Waals surface area contributed by atoms with Gasteiger partial charge in [-0.15, -0.1) is 6.58 Å². The van der Waals surface area contributed by atoms with Crippen LogP contribution in [0.25, 0.3) is 0 Å². The number of ether oxygens (including phenoxy) is 2. The molecule has 0 spiro atoms. The molecule has 0 saturated heterocycles. The molecule has 0 radical (unpaired) electrons. The van der Waals surface area contributed by atoms with E-state index < -0.39 is 18.5 Å². The van der Waals surface area contributed by atoms with Crippen LogP contribution in [0.3, 0.4) is 0 Å². The van der Waals surface area contributed by atoms with Crippen LogP contribution in [-0.4, -0.2) is 42.1 Å². The molecule has 0 aliphatic rings. The molecule has 0 unspecified atom stereocenters. The van der Waals surface area contributed by atoms with Gasteiger partial charge in [0.15, 0.2) is 18.1 Å². The highest BCUT2D eigenvalue weighted by molar-refractivity contribution is 5.92. The van der Waals surface area contributed by atoms with Crippen LogP contribution in [0.15, 0.2) is 48.0 Å². The highest BCUT2D eigenvalue weighted by Crippen LogP contribution is 2.33. The molecular weight excluding hydrogens is 362 g/mol. The number of benzene rings is 2. The first-order valence-electron chi connectivity index (χ1n) is 8.40. The Balaban J connectivity index is 2.43. The van der Waals surface area contributed by atoms with E-state index in [1.807, 2.05) is 0 Å². The van der Waals surface area contributed by atoms with Gasteiger partial charge in [0.05, 0.1) is 18.4 Å². The average Bonchev–Trinajstić information content (AvgIpc) is 2.65. The summed E-state index contributed by atoms with van der Waals surface area (Å²) in [7, 11) is 1.46. The number of nitrogens with zero attached hydrogens (tertiary/aromatic N) is 1. The molecule has 146 valence electrons. The maximum absolute atomic E-state index is 11.3. The number of hydrogen-bond acceptors (Lipinski definition) is 5. The van der Waals surface area contributed by atoms with Crippen molar-refractivity contribution in [2.45, 2.75) is 13.3 Å². The molecule has 0 aromatic heterocycles. The summed E-state index contributed by atoms with van der Waals surface area (Å²) in [5.74, 6) is -1.39. The number of allylic oxidation sites excluding steroid dienone is 1. The van der Waals surface area contributed by atoms with E-state index in [4.69, 9.17) is 14.6 Å². The van der Waals surface area contributed by atoms with Crippen molar-refractivity contribution in [1.82, 2.24) is 0 Å². The number of rotatable bonds is 9. The van der Waals surface area contributed by atoms with E-state index in [1.165, 1.54) is 13.2 Å². The van der Waals surface area contributed by atoms with Crippen LogP contribution in [0.1, 0.15) is 27.0 Å². The highest BCUT2D eigenvalue weighted by Gasteiger charge is 2.14. The van der Waals surface area contributed by atoms with Crippen LogP contribution in [0.4, 0.5) is 5.69 Å². The fourth-order valence-electron chi connectivity index (χ4n) is 2.65. The molecule has 7 nitrogen and oxygen atoms in total. The van der Waals surface area contributed by atoms with Crippen LogP contribution < -0.4 is 9.47 Å². The molecule has 0 bridgehead atoms. The second-order valence-electron chi connectivity index (χ2n) is 5.90. The van der Waals surface area contributed by atoms with E-state index in [1.54, 1.807) is 43.5 Å². The standard InChI is InChI=1S/C21H21NO6/c1-4-6-15-9-14(10-18(27-3)20(15)28-12-19(23)24)11-22-17-8-5-7-16(13(17)2)21(25)26/h4-5,7-11H,1,6,12H2,2-3H3,(H,23,24)(H,25,26). The predicted molar refractivity (Wildman–Crippen MR) is 105 cm³/mol. The summed E-state index contributed by atoms with van der Waals surface area (Å²) in [4.78, 5) is 26.5. The van der Waals surface area contributed by atoms with Gasteiger partial charge in [-0.2, -0.15) is 0 Å². The van der Waals surface area contributed by atoms with E-state index in [0.29, 0.717) is 40.3 Å². The Bertz CT molecular complexity index is 933. The molecule has 0 amide bonds. The quantitative estimate of drug-likeness (QED) is 0.506. The number of hydrogen-bond donors (Lipinski definition) is 2. The zero-order valence-electron chi connectivity index (χ0n) is 15.6. The topological polar surface area (TPSA) is 105 Å². The van der Waals surface area contributed by atoms with Gasteiger partial charge in [0.2, 0.25) is 0 Å². The van der Waals surface area contributed by atoms with Crippen LogP contribution in [-0.2, 0) is 11.2 Å². The number of carboxylic acids is 2. The van der Waals surface area contributed by atoms with Crippen LogP contribution >= 0.6 is 0 Å². The number of aliphatic carboxylic acids is 1. The Morgan fingerprint density at radius 1 is 1.25 bits per heavy atom. The fourth-order valence-corrected chi connectivity index (χ4v) is 2.65. The van der Waals surface area contributed by atoms with Gasteiger partial charge in [0.1, 0.15) is 0 Å². The second kappa shape index (κ2) is 9.36. The summed E-state index contributed by atoms with van der Waals surface area (Å²) in [6.07, 6.45) is 3.70. The van der Waals surface area contributed by atoms with E-state index in [9.17, 15) is 14.7 Å². The molecule has 2 rings (SSSR count). The molecule has 28 heavy (non-hydrogen) atoms. The minimum Gasteiger partial charge on any atom is -0.493 e. The van der Waals surface area contributed by atoms with E-state index >= 15 is 0 Å². The van der Waals surface area contributed by atoms with Gasteiger partial charge in [-0.3, -0.25) is 4.99 Å². The molecular formula is C21H21NO6. The number of methoxy groups -OCH3 is 1. The monoisotopic (exact) mass is 383 g/mol. The molecule has 0 saturated carbocycles. The lowest BCUT2D eigenvalue weighted by molar-refractivity contribution is -0.139. The Kier molecular flexibility index (Phi) is 6.92. The first kappa shape index (κ1) is 20.7. The van der Waals surface area contributed by atoms with Crippen molar-refractivity contribution < 1.29 is 29.3 Å². The minimum atomic E-state index is -1.09. The Hall–Kier alpha value is -3.61. The van der Waals surface area contributed by atoms with Gasteiger partial charge >= 0.3 is 11.9 Å². The van der Waals surface area contributed by atoms with E-state index in [-0.39, 0.29) is 5.56 Å². The smallest absolute Gasteiger partial charge is 0.341 e. The van der Waals surface area contributed by atoms with Gasteiger partial charge < -0.3 is 19.7 Å². The molecule has 0 aliphatic carbocycles. The minimum absolute atomic E-state index is 0.192. The molecule has 0 aliphatic heterocycles. The maximum Gasteiger partial charge on any atom is 0.341 e. The van der Waals surface area contributed by atoms with Gasteiger partial charge in [-0.1, -0.05) is 12.1 Å². The van der Waals surface area contributed by atoms with Crippen molar-refractivity contribution in [3.05, 3.63) is 65.2 Å². The summed E-state index contributed by atoms with van der Waals surface area (Å²) in [6, 6.07) is 8.35. The third kappa shape index (κ3) is 4.97. The summed E-state index contributed by atoms with van der Waals surface area (Å²) in [5, 5.41) is 18.1. The summed E-state index contributed by atoms with van der Waals surface area (Å²) in [5.41, 5.74) is 2.68. The van der Waals surface area contributed by atoms with Crippen LogP contribution in [0, 0.1) is 6.92 Å². The lowest BCUT2D eigenvalue weighted by Crippen LogP contribution is -2.11. The third-order valence-corrected chi connectivity index (χ3v) is 3.97. The largest absolute Gasteiger partial charge is 0.493 e. The summed E-state index contributed by atoms with van der Waals surface area (Å²) in [6.45, 7) is 4.91.